The fourth-order valence-corrected chi connectivity index (χ4v) is 2.31. The molecule has 0 saturated heterocycles. The summed E-state index contributed by atoms with van der Waals surface area (Å²) < 4.78 is 5.14. The van der Waals surface area contributed by atoms with Crippen LogP contribution >= 0.6 is 11.8 Å². The van der Waals surface area contributed by atoms with E-state index in [9.17, 15) is 5.11 Å². The molecule has 102 valence electrons. The van der Waals surface area contributed by atoms with Crippen LogP contribution in [0.15, 0.2) is 33.7 Å². The van der Waals surface area contributed by atoms with Gasteiger partial charge in [0, 0.05) is 11.3 Å². The molecule has 1 atom stereocenters. The summed E-state index contributed by atoms with van der Waals surface area (Å²) in [5.41, 5.74) is 1.25. The minimum absolute atomic E-state index is 0.336. The van der Waals surface area contributed by atoms with Gasteiger partial charge in [-0.1, -0.05) is 22.9 Å². The lowest BCUT2D eigenvalue weighted by atomic mass is 10.2. The van der Waals surface area contributed by atoms with Crippen LogP contribution in [0.1, 0.15) is 30.6 Å². The van der Waals surface area contributed by atoms with Crippen molar-refractivity contribution in [2.24, 2.45) is 0 Å². The molecule has 0 bridgehead atoms. The Morgan fingerprint density at radius 3 is 2.74 bits per heavy atom. The number of aryl methyl sites for hydroxylation is 2. The van der Waals surface area contributed by atoms with Crippen LogP contribution in [0.2, 0.25) is 0 Å². The molecule has 0 aliphatic heterocycles. The van der Waals surface area contributed by atoms with Gasteiger partial charge in [0.05, 0.1) is 11.9 Å². The highest BCUT2D eigenvalue weighted by Gasteiger charge is 2.08. The van der Waals surface area contributed by atoms with E-state index >= 15 is 0 Å². The average molecular weight is 278 g/mol. The molecule has 0 fully saturated rings. The zero-order valence-corrected chi connectivity index (χ0v) is 12.0. The predicted octanol–water partition coefficient (Wildman–Crippen LogP) is 2.98. The summed E-state index contributed by atoms with van der Waals surface area (Å²) in [5.74, 6) is 1.99. The second kappa shape index (κ2) is 6.73. The largest absolute Gasteiger partial charge is 0.393 e. The molecule has 1 aromatic carbocycles. The van der Waals surface area contributed by atoms with Gasteiger partial charge in [-0.05, 0) is 32.4 Å². The second-order valence-electron chi connectivity index (χ2n) is 4.59. The molecule has 0 spiro atoms. The Hall–Kier alpha value is -1.33. The van der Waals surface area contributed by atoms with Crippen LogP contribution in [0.3, 0.4) is 0 Å². The fraction of sp³-hybridized carbons (Fsp3) is 0.429. The van der Waals surface area contributed by atoms with E-state index in [2.05, 4.69) is 41.3 Å². The summed E-state index contributed by atoms with van der Waals surface area (Å²) in [7, 11) is 0. The maximum absolute atomic E-state index is 9.20. The van der Waals surface area contributed by atoms with E-state index in [1.54, 1.807) is 18.7 Å². The molecule has 0 aliphatic rings. The third-order valence-corrected chi connectivity index (χ3v) is 3.68. The van der Waals surface area contributed by atoms with Crippen molar-refractivity contribution in [1.29, 1.82) is 0 Å². The van der Waals surface area contributed by atoms with Gasteiger partial charge in [0.15, 0.2) is 5.82 Å². The molecular formula is C14H18N2O2S. The molecule has 0 amide bonds. The molecule has 0 radical (unpaired) electrons. The zero-order valence-electron chi connectivity index (χ0n) is 11.2. The van der Waals surface area contributed by atoms with Gasteiger partial charge in [0.2, 0.25) is 5.89 Å². The van der Waals surface area contributed by atoms with E-state index in [0.29, 0.717) is 30.3 Å². The second-order valence-corrected chi connectivity index (χ2v) is 5.64. The highest BCUT2D eigenvalue weighted by Crippen LogP contribution is 2.21. The van der Waals surface area contributed by atoms with Gasteiger partial charge in [-0.3, -0.25) is 0 Å². The standard InChI is InChI=1S/C14H18N2O2S/c1-10-3-6-12(7-4-10)19-9-13-15-14(18-16-13)8-5-11(2)17/h3-4,6-7,11,17H,5,8-9H2,1-2H3. The summed E-state index contributed by atoms with van der Waals surface area (Å²) in [6.45, 7) is 3.83. The number of aromatic nitrogens is 2. The number of rotatable bonds is 6. The van der Waals surface area contributed by atoms with Gasteiger partial charge in [0.1, 0.15) is 0 Å². The van der Waals surface area contributed by atoms with Crippen molar-refractivity contribution in [2.75, 3.05) is 0 Å². The molecule has 4 nitrogen and oxygen atoms in total. The minimum Gasteiger partial charge on any atom is -0.393 e. The van der Waals surface area contributed by atoms with E-state index < -0.39 is 0 Å². The summed E-state index contributed by atoms with van der Waals surface area (Å²) >= 11 is 1.69. The topological polar surface area (TPSA) is 59.2 Å². The smallest absolute Gasteiger partial charge is 0.226 e. The quantitative estimate of drug-likeness (QED) is 0.823. The van der Waals surface area contributed by atoms with Gasteiger partial charge < -0.3 is 9.63 Å². The number of hydrogen-bond acceptors (Lipinski definition) is 5. The van der Waals surface area contributed by atoms with E-state index in [1.165, 1.54) is 10.5 Å². The van der Waals surface area contributed by atoms with Crippen molar-refractivity contribution < 1.29 is 9.63 Å². The van der Waals surface area contributed by atoms with Gasteiger partial charge in [-0.25, -0.2) is 0 Å². The Morgan fingerprint density at radius 1 is 1.32 bits per heavy atom. The Kier molecular flexibility index (Phi) is 4.99. The maximum atomic E-state index is 9.20. The first-order chi connectivity index (χ1) is 9.13. The molecule has 5 heteroatoms. The Balaban J connectivity index is 1.84. The van der Waals surface area contributed by atoms with Crippen LogP contribution in [-0.2, 0) is 12.2 Å². The zero-order chi connectivity index (χ0) is 13.7. The first-order valence-corrected chi connectivity index (χ1v) is 7.31. The van der Waals surface area contributed by atoms with Crippen LogP contribution < -0.4 is 0 Å². The van der Waals surface area contributed by atoms with E-state index in [-0.39, 0.29) is 6.10 Å². The van der Waals surface area contributed by atoms with Gasteiger partial charge in [0.25, 0.3) is 0 Å². The third kappa shape index (κ3) is 4.69. The molecule has 1 N–H and O–H groups in total. The van der Waals surface area contributed by atoms with Crippen LogP contribution in [0.25, 0.3) is 0 Å². The third-order valence-electron chi connectivity index (χ3n) is 2.68. The molecule has 1 heterocycles. The molecule has 19 heavy (non-hydrogen) atoms. The summed E-state index contributed by atoms with van der Waals surface area (Å²) in [4.78, 5) is 5.50. The average Bonchev–Trinajstić information content (AvgIpc) is 2.84. The van der Waals surface area contributed by atoms with Crippen molar-refractivity contribution in [3.8, 4) is 0 Å². The first-order valence-electron chi connectivity index (χ1n) is 6.32. The van der Waals surface area contributed by atoms with E-state index in [0.717, 1.165) is 0 Å². The van der Waals surface area contributed by atoms with Crippen molar-refractivity contribution in [1.82, 2.24) is 10.1 Å². The number of nitrogens with zero attached hydrogens (tertiary/aromatic N) is 2. The van der Waals surface area contributed by atoms with Gasteiger partial charge in [-0.15, -0.1) is 11.8 Å². The van der Waals surface area contributed by atoms with Gasteiger partial charge >= 0.3 is 0 Å². The van der Waals surface area contributed by atoms with Crippen molar-refractivity contribution >= 4 is 11.8 Å². The molecule has 1 aromatic heterocycles. The van der Waals surface area contributed by atoms with Crippen molar-refractivity contribution in [3.63, 3.8) is 0 Å². The Bertz CT molecular complexity index is 508. The highest BCUT2D eigenvalue weighted by molar-refractivity contribution is 7.98. The molecule has 2 aromatic rings. The lowest BCUT2D eigenvalue weighted by molar-refractivity contribution is 0.180. The Labute approximate surface area is 117 Å². The Morgan fingerprint density at radius 2 is 2.05 bits per heavy atom. The number of aliphatic hydroxyl groups is 1. The molecule has 1 unspecified atom stereocenters. The van der Waals surface area contributed by atoms with Gasteiger partial charge in [-0.2, -0.15) is 4.98 Å². The number of hydrogen-bond donors (Lipinski definition) is 1. The highest BCUT2D eigenvalue weighted by atomic mass is 32.2. The summed E-state index contributed by atoms with van der Waals surface area (Å²) in [5, 5.41) is 13.1. The van der Waals surface area contributed by atoms with Crippen molar-refractivity contribution in [2.45, 2.75) is 43.4 Å². The number of benzene rings is 1. The van der Waals surface area contributed by atoms with Crippen molar-refractivity contribution in [3.05, 3.63) is 41.5 Å². The summed E-state index contributed by atoms with van der Waals surface area (Å²) in [6.07, 6.45) is 0.935. The predicted molar refractivity (Wildman–Crippen MR) is 75.0 cm³/mol. The number of thioether (sulfide) groups is 1. The molecular weight excluding hydrogens is 260 g/mol. The number of aliphatic hydroxyl groups excluding tert-OH is 1. The SMILES string of the molecule is Cc1ccc(SCc2noc(CCC(C)O)n2)cc1. The minimum atomic E-state index is -0.336. The molecule has 0 aliphatic carbocycles. The lowest BCUT2D eigenvalue weighted by Gasteiger charge is -1.99. The monoisotopic (exact) mass is 278 g/mol. The van der Waals surface area contributed by atoms with Crippen LogP contribution in [0.4, 0.5) is 0 Å². The summed E-state index contributed by atoms with van der Waals surface area (Å²) in [6, 6.07) is 8.36. The lowest BCUT2D eigenvalue weighted by Crippen LogP contribution is -2.01. The fourth-order valence-electron chi connectivity index (χ4n) is 1.57. The molecule has 0 saturated carbocycles. The van der Waals surface area contributed by atoms with E-state index in [4.69, 9.17) is 4.52 Å². The normalized spacial score (nSPS) is 12.6. The molecule has 2 rings (SSSR count). The van der Waals surface area contributed by atoms with Crippen LogP contribution in [0, 0.1) is 6.92 Å². The van der Waals surface area contributed by atoms with Crippen LogP contribution in [-0.4, -0.2) is 21.4 Å². The van der Waals surface area contributed by atoms with Crippen LogP contribution in [0.5, 0.6) is 0 Å². The van der Waals surface area contributed by atoms with E-state index in [1.807, 2.05) is 0 Å². The maximum Gasteiger partial charge on any atom is 0.226 e. The first kappa shape index (κ1) is 14.1.